The van der Waals surface area contributed by atoms with Gasteiger partial charge in [-0.25, -0.2) is 0 Å². The molecule has 0 radical (unpaired) electrons. The van der Waals surface area contributed by atoms with Crippen LogP contribution in [0.3, 0.4) is 0 Å². The number of rotatable bonds is 5. The van der Waals surface area contributed by atoms with Crippen molar-refractivity contribution in [2.45, 2.75) is 20.4 Å². The molecule has 1 amide bonds. The highest BCUT2D eigenvalue weighted by Gasteiger charge is 2.21. The molecule has 0 saturated carbocycles. The number of fused-ring (bicyclic) bond motifs is 1. The molecule has 0 aliphatic carbocycles. The summed E-state index contributed by atoms with van der Waals surface area (Å²) >= 11 is 0. The molecule has 1 N–H and O–H groups in total. The Labute approximate surface area is 161 Å². The van der Waals surface area contributed by atoms with Crippen molar-refractivity contribution in [3.05, 3.63) is 65.0 Å². The molecule has 2 heterocycles. The van der Waals surface area contributed by atoms with Crippen molar-refractivity contribution >= 4 is 16.9 Å². The van der Waals surface area contributed by atoms with Crippen molar-refractivity contribution in [2.75, 3.05) is 7.11 Å². The number of hydrogen-bond acceptors (Lipinski definition) is 6. The number of carbonyl (C=O) groups is 1. The summed E-state index contributed by atoms with van der Waals surface area (Å²) < 4.78 is 16.7. The van der Waals surface area contributed by atoms with E-state index in [2.05, 4.69) is 15.5 Å². The fourth-order valence-electron chi connectivity index (χ4n) is 3.05. The lowest BCUT2D eigenvalue weighted by atomic mass is 10.1. The summed E-state index contributed by atoms with van der Waals surface area (Å²) in [4.78, 5) is 12.4. The Morgan fingerprint density at radius 2 is 1.93 bits per heavy atom. The van der Waals surface area contributed by atoms with Crippen molar-refractivity contribution in [1.82, 2.24) is 15.5 Å². The quantitative estimate of drug-likeness (QED) is 0.564. The van der Waals surface area contributed by atoms with Crippen LogP contribution in [-0.2, 0) is 6.54 Å². The van der Waals surface area contributed by atoms with Crippen LogP contribution in [0.25, 0.3) is 22.6 Å². The number of methoxy groups -OCH3 is 1. The number of amides is 1. The molecular weight excluding hydrogens is 358 g/mol. The molecule has 7 nitrogen and oxygen atoms in total. The number of aryl methyl sites for hydroxylation is 2. The van der Waals surface area contributed by atoms with E-state index in [1.807, 2.05) is 56.3 Å². The molecule has 4 rings (SSSR count). The van der Waals surface area contributed by atoms with Crippen LogP contribution >= 0.6 is 0 Å². The minimum Gasteiger partial charge on any atom is -0.496 e. The van der Waals surface area contributed by atoms with Crippen molar-refractivity contribution in [2.24, 2.45) is 0 Å². The van der Waals surface area contributed by atoms with Crippen molar-refractivity contribution in [3.8, 4) is 17.4 Å². The standard InChI is InChI=1S/C21H19N3O4/c1-12-8-9-17-15(10-12)13(2)18(27-17)20-23-24-21(28-20)19(25)22-11-14-6-4-5-7-16(14)26-3/h4-10H,11H2,1-3H3,(H,22,25). The first-order chi connectivity index (χ1) is 13.6. The van der Waals surface area contributed by atoms with Gasteiger partial charge in [-0.15, -0.1) is 10.2 Å². The van der Waals surface area contributed by atoms with Gasteiger partial charge in [-0.1, -0.05) is 29.8 Å². The zero-order valence-corrected chi connectivity index (χ0v) is 15.8. The van der Waals surface area contributed by atoms with Crippen LogP contribution in [0.4, 0.5) is 0 Å². The Morgan fingerprint density at radius 1 is 1.11 bits per heavy atom. The summed E-state index contributed by atoms with van der Waals surface area (Å²) in [5.74, 6) is 0.753. The Balaban J connectivity index is 1.54. The monoisotopic (exact) mass is 377 g/mol. The molecule has 0 atom stereocenters. The van der Waals surface area contributed by atoms with Gasteiger partial charge in [0.15, 0.2) is 5.76 Å². The summed E-state index contributed by atoms with van der Waals surface area (Å²) in [5.41, 5.74) is 3.60. The molecule has 0 fully saturated rings. The van der Waals surface area contributed by atoms with Gasteiger partial charge >= 0.3 is 11.8 Å². The molecule has 142 valence electrons. The van der Waals surface area contributed by atoms with Gasteiger partial charge in [-0.2, -0.15) is 0 Å². The topological polar surface area (TPSA) is 90.4 Å². The molecule has 0 bridgehead atoms. The number of carbonyl (C=O) groups excluding carboxylic acids is 1. The number of furan rings is 1. The van der Waals surface area contributed by atoms with Crippen LogP contribution < -0.4 is 10.1 Å². The molecule has 2 aromatic heterocycles. The van der Waals surface area contributed by atoms with Crippen molar-refractivity contribution < 1.29 is 18.4 Å². The van der Waals surface area contributed by atoms with Gasteiger partial charge in [-0.3, -0.25) is 4.79 Å². The maximum absolute atomic E-state index is 12.4. The lowest BCUT2D eigenvalue weighted by molar-refractivity contribution is 0.0916. The van der Waals surface area contributed by atoms with Crippen LogP contribution in [-0.4, -0.2) is 23.2 Å². The maximum Gasteiger partial charge on any atom is 0.309 e. The molecule has 7 heteroatoms. The Kier molecular flexibility index (Phi) is 4.57. The van der Waals surface area contributed by atoms with Gasteiger partial charge in [0.25, 0.3) is 5.89 Å². The second-order valence-corrected chi connectivity index (χ2v) is 6.46. The lowest BCUT2D eigenvalue weighted by Gasteiger charge is -2.08. The zero-order valence-electron chi connectivity index (χ0n) is 15.8. The van der Waals surface area contributed by atoms with Crippen LogP contribution in [0.1, 0.15) is 27.4 Å². The van der Waals surface area contributed by atoms with E-state index in [1.54, 1.807) is 7.11 Å². The number of aromatic nitrogens is 2. The van der Waals surface area contributed by atoms with E-state index >= 15 is 0 Å². The molecule has 4 aromatic rings. The molecule has 2 aromatic carbocycles. The molecule has 0 unspecified atom stereocenters. The average molecular weight is 377 g/mol. The highest BCUT2D eigenvalue weighted by atomic mass is 16.5. The lowest BCUT2D eigenvalue weighted by Crippen LogP contribution is -2.23. The van der Waals surface area contributed by atoms with Gasteiger partial charge in [0.05, 0.1) is 7.11 Å². The highest BCUT2D eigenvalue weighted by Crippen LogP contribution is 2.32. The first kappa shape index (κ1) is 17.8. The van der Waals surface area contributed by atoms with Gasteiger partial charge < -0.3 is 18.9 Å². The summed E-state index contributed by atoms with van der Waals surface area (Å²) in [6, 6.07) is 13.4. The second kappa shape index (κ2) is 7.19. The SMILES string of the molecule is COc1ccccc1CNC(=O)c1nnc(-c2oc3ccc(C)cc3c2C)o1. The van der Waals surface area contributed by atoms with Gasteiger partial charge in [0.1, 0.15) is 11.3 Å². The first-order valence-corrected chi connectivity index (χ1v) is 8.80. The second-order valence-electron chi connectivity index (χ2n) is 6.46. The number of nitrogens with one attached hydrogen (secondary N) is 1. The summed E-state index contributed by atoms with van der Waals surface area (Å²) in [6.45, 7) is 4.22. The molecule has 28 heavy (non-hydrogen) atoms. The fourth-order valence-corrected chi connectivity index (χ4v) is 3.05. The number of ether oxygens (including phenoxy) is 1. The number of hydrogen-bond donors (Lipinski definition) is 1. The van der Waals surface area contributed by atoms with E-state index in [4.69, 9.17) is 13.6 Å². The molecular formula is C21H19N3O4. The van der Waals surface area contributed by atoms with E-state index in [0.29, 0.717) is 11.5 Å². The largest absolute Gasteiger partial charge is 0.496 e. The Morgan fingerprint density at radius 3 is 2.75 bits per heavy atom. The zero-order chi connectivity index (χ0) is 19.7. The minimum absolute atomic E-state index is 0.124. The first-order valence-electron chi connectivity index (χ1n) is 8.80. The highest BCUT2D eigenvalue weighted by molar-refractivity contribution is 5.90. The van der Waals surface area contributed by atoms with E-state index < -0.39 is 5.91 Å². The Hall–Kier alpha value is -3.61. The third-order valence-corrected chi connectivity index (χ3v) is 4.54. The average Bonchev–Trinajstić information content (AvgIpc) is 3.31. The summed E-state index contributed by atoms with van der Waals surface area (Å²) in [6.07, 6.45) is 0. The predicted octanol–water partition coefficient (Wildman–Crippen LogP) is 4.04. The maximum atomic E-state index is 12.4. The number of para-hydroxylation sites is 1. The van der Waals surface area contributed by atoms with Gasteiger partial charge in [0, 0.05) is 23.1 Å². The fraction of sp³-hybridized carbons (Fsp3) is 0.190. The molecule has 0 spiro atoms. The molecule has 0 aliphatic rings. The van der Waals surface area contributed by atoms with Crippen LogP contribution in [0, 0.1) is 13.8 Å². The van der Waals surface area contributed by atoms with E-state index in [1.165, 1.54) is 0 Å². The van der Waals surface area contributed by atoms with E-state index in [-0.39, 0.29) is 18.3 Å². The Bertz CT molecular complexity index is 1160. The van der Waals surface area contributed by atoms with E-state index in [0.717, 1.165) is 27.7 Å². The predicted molar refractivity (Wildman–Crippen MR) is 103 cm³/mol. The van der Waals surface area contributed by atoms with Crippen molar-refractivity contribution in [3.63, 3.8) is 0 Å². The molecule has 0 saturated heterocycles. The number of benzene rings is 2. The van der Waals surface area contributed by atoms with Gasteiger partial charge in [-0.05, 0) is 32.0 Å². The third kappa shape index (κ3) is 3.22. The van der Waals surface area contributed by atoms with Crippen LogP contribution in [0.2, 0.25) is 0 Å². The third-order valence-electron chi connectivity index (χ3n) is 4.54. The van der Waals surface area contributed by atoms with Crippen molar-refractivity contribution in [1.29, 1.82) is 0 Å². The minimum atomic E-state index is -0.464. The normalized spacial score (nSPS) is 11.0. The smallest absolute Gasteiger partial charge is 0.309 e. The van der Waals surface area contributed by atoms with Gasteiger partial charge in [0.2, 0.25) is 0 Å². The number of nitrogens with zero attached hydrogens (tertiary/aromatic N) is 2. The summed E-state index contributed by atoms with van der Waals surface area (Å²) in [5, 5.41) is 11.6. The van der Waals surface area contributed by atoms with Crippen LogP contribution in [0.5, 0.6) is 5.75 Å². The van der Waals surface area contributed by atoms with Crippen LogP contribution in [0.15, 0.2) is 51.3 Å². The summed E-state index contributed by atoms with van der Waals surface area (Å²) in [7, 11) is 1.59. The molecule has 0 aliphatic heterocycles. The van der Waals surface area contributed by atoms with E-state index in [9.17, 15) is 4.79 Å².